The van der Waals surface area contributed by atoms with E-state index in [1.54, 1.807) is 18.4 Å². The average Bonchev–Trinajstić information content (AvgIpc) is 3.25. The number of carbonyl (C=O) groups is 2. The van der Waals surface area contributed by atoms with Crippen LogP contribution in [0.4, 0.5) is 0 Å². The molecule has 2 saturated carbocycles. The molecule has 1 aromatic heterocycles. The van der Waals surface area contributed by atoms with Crippen LogP contribution in [0.3, 0.4) is 0 Å². The molecule has 0 bridgehead atoms. The van der Waals surface area contributed by atoms with Crippen molar-refractivity contribution in [2.24, 2.45) is 16.7 Å². The third-order valence-corrected chi connectivity index (χ3v) is 8.41. The van der Waals surface area contributed by atoms with Crippen LogP contribution in [0.5, 0.6) is 0 Å². The molecule has 2 aliphatic carbocycles. The van der Waals surface area contributed by atoms with E-state index in [-0.39, 0.29) is 34.6 Å². The number of hydrogen-bond donors (Lipinski definition) is 3. The van der Waals surface area contributed by atoms with Gasteiger partial charge in [0.05, 0.1) is 18.6 Å². The van der Waals surface area contributed by atoms with Gasteiger partial charge in [-0.2, -0.15) is 0 Å². The minimum Gasteiger partial charge on any atom is -0.390 e. The standard InChI is InChI=1S/C24H38N2O4S/c1-22(2)16-19(26-21(28)14-17-6-5-13-31-17)24(8-7-20(27)25-11-12-30-4)10-9-23(3,29)15-18(22)24/h5-6,13,18-19,29H,7-12,14-16H2,1-4H3,(H,25,27)(H,26,28)/t18-,19-,23-,24-/m0/s1. The van der Waals surface area contributed by atoms with Gasteiger partial charge in [0, 0.05) is 31.0 Å². The van der Waals surface area contributed by atoms with Crippen LogP contribution < -0.4 is 10.6 Å². The topological polar surface area (TPSA) is 87.7 Å². The lowest BCUT2D eigenvalue weighted by atomic mass is 9.57. The van der Waals surface area contributed by atoms with E-state index < -0.39 is 5.60 Å². The molecule has 3 rings (SSSR count). The number of aliphatic hydroxyl groups is 1. The van der Waals surface area contributed by atoms with Crippen LogP contribution in [-0.2, 0) is 20.7 Å². The Bertz CT molecular complexity index is 762. The van der Waals surface area contributed by atoms with Crippen molar-refractivity contribution in [2.75, 3.05) is 20.3 Å². The van der Waals surface area contributed by atoms with Crippen LogP contribution in [0.15, 0.2) is 17.5 Å². The monoisotopic (exact) mass is 450 g/mol. The first kappa shape index (κ1) is 24.2. The highest BCUT2D eigenvalue weighted by molar-refractivity contribution is 7.10. The lowest BCUT2D eigenvalue weighted by molar-refractivity contribution is -0.125. The lowest BCUT2D eigenvalue weighted by Crippen LogP contribution is -2.53. The van der Waals surface area contributed by atoms with Gasteiger partial charge in [-0.1, -0.05) is 19.9 Å². The van der Waals surface area contributed by atoms with E-state index in [4.69, 9.17) is 4.74 Å². The number of nitrogens with one attached hydrogen (secondary N) is 2. The first-order valence-corrected chi connectivity index (χ1v) is 12.3. The van der Waals surface area contributed by atoms with E-state index in [1.807, 2.05) is 24.4 Å². The smallest absolute Gasteiger partial charge is 0.225 e. The second-order valence-electron chi connectivity index (χ2n) is 10.4. The minimum atomic E-state index is -0.692. The van der Waals surface area contributed by atoms with Gasteiger partial charge >= 0.3 is 0 Å². The molecule has 7 heteroatoms. The molecule has 0 aromatic carbocycles. The van der Waals surface area contributed by atoms with Crippen LogP contribution in [0.1, 0.15) is 64.2 Å². The normalized spacial score (nSPS) is 31.8. The minimum absolute atomic E-state index is 0.0161. The zero-order chi connectivity index (χ0) is 22.7. The van der Waals surface area contributed by atoms with Crippen LogP contribution in [0, 0.1) is 16.7 Å². The van der Waals surface area contributed by atoms with Crippen molar-refractivity contribution in [3.8, 4) is 0 Å². The molecule has 1 heterocycles. The van der Waals surface area contributed by atoms with Gasteiger partial charge in [0.1, 0.15) is 0 Å². The maximum absolute atomic E-state index is 12.9. The summed E-state index contributed by atoms with van der Waals surface area (Å²) in [7, 11) is 1.62. The van der Waals surface area contributed by atoms with Crippen molar-refractivity contribution in [3.63, 3.8) is 0 Å². The molecule has 4 atom stereocenters. The summed E-state index contributed by atoms with van der Waals surface area (Å²) in [6.45, 7) is 7.42. The van der Waals surface area contributed by atoms with Gasteiger partial charge in [-0.15, -0.1) is 11.3 Å². The summed E-state index contributed by atoms with van der Waals surface area (Å²) in [5.74, 6) is 0.323. The van der Waals surface area contributed by atoms with E-state index in [0.717, 1.165) is 24.1 Å². The molecular formula is C24H38N2O4S. The van der Waals surface area contributed by atoms with Crippen LogP contribution in [0.2, 0.25) is 0 Å². The molecule has 0 spiro atoms. The van der Waals surface area contributed by atoms with E-state index in [9.17, 15) is 14.7 Å². The Balaban J connectivity index is 1.77. The molecular weight excluding hydrogens is 412 g/mol. The molecule has 31 heavy (non-hydrogen) atoms. The van der Waals surface area contributed by atoms with Gasteiger partial charge in [-0.3, -0.25) is 9.59 Å². The molecule has 0 aliphatic heterocycles. The fraction of sp³-hybridized carbons (Fsp3) is 0.750. The Hall–Kier alpha value is -1.44. The van der Waals surface area contributed by atoms with Crippen LogP contribution in [0.25, 0.3) is 0 Å². The summed E-state index contributed by atoms with van der Waals surface area (Å²) in [5, 5.41) is 19.1. The molecule has 2 fully saturated rings. The fourth-order valence-electron chi connectivity index (χ4n) is 5.98. The number of hydrogen-bond acceptors (Lipinski definition) is 5. The Morgan fingerprint density at radius 1 is 1.23 bits per heavy atom. The number of carbonyl (C=O) groups excluding carboxylic acids is 2. The molecule has 2 aliphatic rings. The molecule has 174 valence electrons. The summed E-state index contributed by atoms with van der Waals surface area (Å²) < 4.78 is 5.02. The fourth-order valence-corrected chi connectivity index (χ4v) is 6.68. The van der Waals surface area contributed by atoms with E-state index in [2.05, 4.69) is 24.5 Å². The zero-order valence-electron chi connectivity index (χ0n) is 19.3. The maximum atomic E-state index is 12.9. The molecule has 0 radical (unpaired) electrons. The summed E-state index contributed by atoms with van der Waals surface area (Å²) in [6.07, 6.45) is 4.64. The van der Waals surface area contributed by atoms with Gasteiger partial charge in [0.2, 0.25) is 11.8 Å². The van der Waals surface area contributed by atoms with Gasteiger partial charge in [0.25, 0.3) is 0 Å². The van der Waals surface area contributed by atoms with Crippen molar-refractivity contribution in [1.29, 1.82) is 0 Å². The van der Waals surface area contributed by atoms with Gasteiger partial charge in [0.15, 0.2) is 0 Å². The number of methoxy groups -OCH3 is 1. The van der Waals surface area contributed by atoms with Crippen LogP contribution >= 0.6 is 11.3 Å². The third kappa shape index (κ3) is 5.68. The number of thiophene rings is 1. The summed E-state index contributed by atoms with van der Waals surface area (Å²) in [5.41, 5.74) is -0.880. The highest BCUT2D eigenvalue weighted by Gasteiger charge is 2.61. The molecule has 6 nitrogen and oxygen atoms in total. The Morgan fingerprint density at radius 2 is 2.00 bits per heavy atom. The van der Waals surface area contributed by atoms with E-state index in [0.29, 0.717) is 38.8 Å². The van der Waals surface area contributed by atoms with Crippen molar-refractivity contribution in [1.82, 2.24) is 10.6 Å². The van der Waals surface area contributed by atoms with Crippen molar-refractivity contribution < 1.29 is 19.4 Å². The number of fused-ring (bicyclic) bond motifs is 1. The molecule has 3 N–H and O–H groups in total. The Labute approximate surface area is 190 Å². The Kier molecular flexibility index (Phi) is 7.49. The highest BCUT2D eigenvalue weighted by Crippen LogP contribution is 2.63. The summed E-state index contributed by atoms with van der Waals surface area (Å²) in [4.78, 5) is 26.4. The predicted molar refractivity (Wildman–Crippen MR) is 123 cm³/mol. The summed E-state index contributed by atoms with van der Waals surface area (Å²) >= 11 is 1.60. The average molecular weight is 451 g/mol. The molecule has 1 aromatic rings. The van der Waals surface area contributed by atoms with Gasteiger partial charge in [-0.05, 0) is 67.2 Å². The van der Waals surface area contributed by atoms with Gasteiger partial charge in [-0.25, -0.2) is 0 Å². The van der Waals surface area contributed by atoms with Crippen molar-refractivity contribution in [2.45, 2.75) is 77.4 Å². The van der Waals surface area contributed by atoms with Gasteiger partial charge < -0.3 is 20.5 Å². The molecule has 0 saturated heterocycles. The molecule has 0 unspecified atom stereocenters. The Morgan fingerprint density at radius 3 is 2.68 bits per heavy atom. The lowest BCUT2D eigenvalue weighted by Gasteiger charge is -2.50. The second kappa shape index (κ2) is 9.59. The van der Waals surface area contributed by atoms with Crippen molar-refractivity contribution >= 4 is 23.2 Å². The predicted octanol–water partition coefficient (Wildman–Crippen LogP) is 3.29. The largest absolute Gasteiger partial charge is 0.390 e. The zero-order valence-corrected chi connectivity index (χ0v) is 20.1. The van der Waals surface area contributed by atoms with E-state index >= 15 is 0 Å². The second-order valence-corrected chi connectivity index (χ2v) is 11.4. The first-order valence-electron chi connectivity index (χ1n) is 11.4. The van der Waals surface area contributed by atoms with Crippen LogP contribution in [-0.4, -0.2) is 48.8 Å². The number of ether oxygens (including phenoxy) is 1. The number of rotatable bonds is 9. The first-order chi connectivity index (χ1) is 14.6. The number of amides is 2. The SMILES string of the molecule is COCCNC(=O)CC[C@]12CC[C@](C)(O)C[C@H]1C(C)(C)C[C@@H]2NC(=O)Cc1cccs1. The summed E-state index contributed by atoms with van der Waals surface area (Å²) in [6, 6.07) is 3.97. The highest BCUT2D eigenvalue weighted by atomic mass is 32.1. The van der Waals surface area contributed by atoms with E-state index in [1.165, 1.54) is 0 Å². The quantitative estimate of drug-likeness (QED) is 0.504. The molecule has 2 amide bonds. The third-order valence-electron chi connectivity index (χ3n) is 7.53. The van der Waals surface area contributed by atoms with Crippen molar-refractivity contribution in [3.05, 3.63) is 22.4 Å². The maximum Gasteiger partial charge on any atom is 0.225 e.